The largest absolute Gasteiger partial charge is 0.472 e. The van der Waals surface area contributed by atoms with E-state index in [0.717, 1.165) is 108 Å². The van der Waals surface area contributed by atoms with Crippen LogP contribution in [0.25, 0.3) is 0 Å². The maximum atomic E-state index is 13.1. The fourth-order valence-corrected chi connectivity index (χ4v) is 13.5. The number of hydrogen-bond donors (Lipinski definition) is 3. The van der Waals surface area contributed by atoms with Gasteiger partial charge in [0, 0.05) is 25.7 Å². The molecule has 0 aromatic rings. The summed E-state index contributed by atoms with van der Waals surface area (Å²) < 4.78 is 68.3. The Hall–Kier alpha value is -1.94. The molecule has 97 heavy (non-hydrogen) atoms. The maximum absolute atomic E-state index is 13.1. The van der Waals surface area contributed by atoms with Crippen molar-refractivity contribution in [3.05, 3.63) is 0 Å². The molecule has 0 aliphatic rings. The van der Waals surface area contributed by atoms with Crippen LogP contribution in [0.5, 0.6) is 0 Å². The summed E-state index contributed by atoms with van der Waals surface area (Å²) in [6.07, 6.45) is 59.0. The second-order valence-electron chi connectivity index (χ2n) is 28.6. The summed E-state index contributed by atoms with van der Waals surface area (Å²) in [7, 11) is -9.90. The Morgan fingerprint density at radius 1 is 0.289 bits per heavy atom. The summed E-state index contributed by atoms with van der Waals surface area (Å²) in [4.78, 5) is 72.5. The van der Waals surface area contributed by atoms with Crippen molar-refractivity contribution in [1.29, 1.82) is 0 Å². The monoisotopic (exact) mass is 1420 g/mol. The third-order valence-corrected chi connectivity index (χ3v) is 20.8. The van der Waals surface area contributed by atoms with Crippen LogP contribution in [0, 0.1) is 11.8 Å². The summed E-state index contributed by atoms with van der Waals surface area (Å²) in [5.74, 6) is -0.538. The smallest absolute Gasteiger partial charge is 0.462 e. The van der Waals surface area contributed by atoms with Crippen molar-refractivity contribution in [1.82, 2.24) is 0 Å². The Bertz CT molecular complexity index is 1880. The van der Waals surface area contributed by atoms with Gasteiger partial charge in [0.25, 0.3) is 0 Å². The SMILES string of the molecule is CCCCCCCCCCCCCCCCCCCCCCC(=O)OC[C@H](COP(=O)(O)OC[C@@H](O)COP(=O)(O)OC[C@@H](COC(=O)CCCCCCC)OC(=O)CCCCCCCCC(C)CC)OC(=O)CCCCCCCCCCCCCCCCCCCCC(C)CC. The molecule has 0 saturated heterocycles. The van der Waals surface area contributed by atoms with Gasteiger partial charge in [-0.05, 0) is 37.5 Å². The summed E-state index contributed by atoms with van der Waals surface area (Å²) in [6, 6.07) is 0. The molecule has 0 bridgehead atoms. The number of esters is 4. The summed E-state index contributed by atoms with van der Waals surface area (Å²) in [6.45, 7) is 9.52. The van der Waals surface area contributed by atoms with Gasteiger partial charge in [-0.3, -0.25) is 37.3 Å². The Kier molecular flexibility index (Phi) is 68.4. The van der Waals surface area contributed by atoms with Crippen molar-refractivity contribution >= 4 is 39.5 Å². The van der Waals surface area contributed by atoms with Crippen molar-refractivity contribution in [2.75, 3.05) is 39.6 Å². The van der Waals surface area contributed by atoms with Gasteiger partial charge in [0.2, 0.25) is 0 Å². The number of hydrogen-bond acceptors (Lipinski definition) is 15. The van der Waals surface area contributed by atoms with E-state index in [1.165, 1.54) is 218 Å². The number of ether oxygens (including phenoxy) is 4. The molecule has 0 heterocycles. The van der Waals surface area contributed by atoms with Gasteiger partial charge in [-0.1, -0.05) is 356 Å². The average molecular weight is 1420 g/mol. The van der Waals surface area contributed by atoms with Gasteiger partial charge >= 0.3 is 39.5 Å². The molecule has 17 nitrogen and oxygen atoms in total. The number of aliphatic hydroxyl groups excluding tert-OH is 1. The normalized spacial score (nSPS) is 14.5. The molecule has 0 fully saturated rings. The van der Waals surface area contributed by atoms with E-state index in [9.17, 15) is 43.2 Å². The third-order valence-electron chi connectivity index (χ3n) is 18.9. The van der Waals surface area contributed by atoms with E-state index in [1.807, 2.05) is 0 Å². The highest BCUT2D eigenvalue weighted by molar-refractivity contribution is 7.47. The fourth-order valence-electron chi connectivity index (χ4n) is 11.9. The number of phosphoric acid groups is 2. The highest BCUT2D eigenvalue weighted by atomic mass is 31.2. The molecule has 0 spiro atoms. The Labute approximate surface area is 594 Å². The molecule has 19 heteroatoms. The fraction of sp³-hybridized carbons (Fsp3) is 0.949. The molecule has 0 aliphatic carbocycles. The number of rotatable bonds is 77. The van der Waals surface area contributed by atoms with Crippen LogP contribution < -0.4 is 0 Å². The molecule has 4 unspecified atom stereocenters. The first-order valence-electron chi connectivity index (χ1n) is 40.6. The zero-order valence-corrected chi connectivity index (χ0v) is 65.2. The van der Waals surface area contributed by atoms with Crippen LogP contribution in [0.1, 0.15) is 408 Å². The number of phosphoric ester groups is 2. The first kappa shape index (κ1) is 95.1. The predicted molar refractivity (Wildman–Crippen MR) is 395 cm³/mol. The van der Waals surface area contributed by atoms with Crippen LogP contribution in [-0.2, 0) is 65.4 Å². The molecule has 0 amide bonds. The lowest BCUT2D eigenvalue weighted by Gasteiger charge is -2.21. The van der Waals surface area contributed by atoms with E-state index >= 15 is 0 Å². The van der Waals surface area contributed by atoms with E-state index in [1.54, 1.807) is 0 Å². The third kappa shape index (κ3) is 69.5. The molecule has 7 atom stereocenters. The molecule has 0 aromatic carbocycles. The first-order valence-corrected chi connectivity index (χ1v) is 43.6. The molecular formula is C78H152O17P2. The number of unbranched alkanes of at least 4 members (excludes halogenated alkanes) is 45. The van der Waals surface area contributed by atoms with Crippen molar-refractivity contribution in [2.24, 2.45) is 11.8 Å². The van der Waals surface area contributed by atoms with E-state index < -0.39 is 97.5 Å². The van der Waals surface area contributed by atoms with Gasteiger partial charge in [-0.25, -0.2) is 9.13 Å². The number of aliphatic hydroxyl groups is 1. The molecule has 576 valence electrons. The summed E-state index contributed by atoms with van der Waals surface area (Å²) in [5.41, 5.74) is 0. The van der Waals surface area contributed by atoms with Crippen molar-refractivity contribution in [2.45, 2.75) is 426 Å². The Balaban J connectivity index is 5.10. The topological polar surface area (TPSA) is 237 Å². The molecule has 0 aliphatic heterocycles. The summed E-state index contributed by atoms with van der Waals surface area (Å²) >= 11 is 0. The lowest BCUT2D eigenvalue weighted by Crippen LogP contribution is -2.30. The van der Waals surface area contributed by atoms with E-state index in [0.29, 0.717) is 25.7 Å². The Morgan fingerprint density at radius 2 is 0.495 bits per heavy atom. The van der Waals surface area contributed by atoms with Crippen LogP contribution in [0.15, 0.2) is 0 Å². The quantitative estimate of drug-likeness (QED) is 0.0222. The van der Waals surface area contributed by atoms with Crippen LogP contribution in [-0.4, -0.2) is 96.7 Å². The predicted octanol–water partition coefficient (Wildman–Crippen LogP) is 23.1. The van der Waals surface area contributed by atoms with Gasteiger partial charge in [0.1, 0.15) is 19.3 Å². The minimum atomic E-state index is -4.96. The van der Waals surface area contributed by atoms with Gasteiger partial charge < -0.3 is 33.8 Å². The zero-order chi connectivity index (χ0) is 71.4. The first-order chi connectivity index (χ1) is 46.9. The van der Waals surface area contributed by atoms with Crippen molar-refractivity contribution < 1.29 is 80.2 Å². The second-order valence-corrected chi connectivity index (χ2v) is 31.5. The van der Waals surface area contributed by atoms with Crippen LogP contribution in [0.4, 0.5) is 0 Å². The van der Waals surface area contributed by atoms with Crippen molar-refractivity contribution in [3.8, 4) is 0 Å². The van der Waals surface area contributed by atoms with Crippen LogP contribution >= 0.6 is 15.6 Å². The maximum Gasteiger partial charge on any atom is 0.472 e. The van der Waals surface area contributed by atoms with Crippen LogP contribution in [0.2, 0.25) is 0 Å². The molecular weight excluding hydrogens is 1270 g/mol. The van der Waals surface area contributed by atoms with Gasteiger partial charge in [-0.2, -0.15) is 0 Å². The number of carbonyl (C=O) groups excluding carboxylic acids is 4. The van der Waals surface area contributed by atoms with E-state index in [4.69, 9.17) is 37.0 Å². The standard InChI is InChI=1S/C78H152O17P2/c1-7-11-13-15-16-17-18-19-20-21-22-23-27-30-33-36-39-42-49-55-61-76(81)89-67-74(94-77(82)62-56-50-43-40-37-34-31-28-25-24-26-29-32-35-38-41-47-52-58-70(5)9-3)69-93-97(86,87)91-65-72(79)64-90-96(84,85)92-68-73(66-88-75(80)60-54-46-14-12-8-2)95-78(83)63-57-51-45-44-48-53-59-71(6)10-4/h70-74,79H,7-69H2,1-6H3,(H,84,85)(H,86,87)/t70?,71?,72-,73+,74+/m0/s1. The number of carbonyl (C=O) groups is 4. The lowest BCUT2D eigenvalue weighted by atomic mass is 9.99. The average Bonchev–Trinajstić information content (AvgIpc) is 1.16. The van der Waals surface area contributed by atoms with E-state index in [-0.39, 0.29) is 25.7 Å². The van der Waals surface area contributed by atoms with Gasteiger partial charge in [-0.15, -0.1) is 0 Å². The van der Waals surface area contributed by atoms with Gasteiger partial charge in [0.15, 0.2) is 12.2 Å². The molecule has 0 aromatic heterocycles. The molecule has 0 radical (unpaired) electrons. The molecule has 3 N–H and O–H groups in total. The zero-order valence-electron chi connectivity index (χ0n) is 63.4. The highest BCUT2D eigenvalue weighted by Crippen LogP contribution is 2.45. The second kappa shape index (κ2) is 69.8. The minimum Gasteiger partial charge on any atom is -0.462 e. The molecule has 0 saturated carbocycles. The minimum absolute atomic E-state index is 0.102. The summed E-state index contributed by atoms with van der Waals surface area (Å²) in [5, 5.41) is 10.6. The van der Waals surface area contributed by atoms with Gasteiger partial charge in [0.05, 0.1) is 26.4 Å². The molecule has 0 rings (SSSR count). The van der Waals surface area contributed by atoms with E-state index in [2.05, 4.69) is 41.5 Å². The van der Waals surface area contributed by atoms with Crippen LogP contribution in [0.3, 0.4) is 0 Å². The van der Waals surface area contributed by atoms with Crippen molar-refractivity contribution in [3.63, 3.8) is 0 Å². The Morgan fingerprint density at radius 3 is 0.732 bits per heavy atom. The lowest BCUT2D eigenvalue weighted by molar-refractivity contribution is -0.161. The highest BCUT2D eigenvalue weighted by Gasteiger charge is 2.30.